The van der Waals surface area contributed by atoms with Crippen molar-refractivity contribution in [1.29, 1.82) is 0 Å². The maximum absolute atomic E-state index is 12.2. The molecule has 7 nitrogen and oxygen atoms in total. The molecule has 124 valence electrons. The Hall–Kier alpha value is -3.35. The molecule has 0 unspecified atom stereocenters. The van der Waals surface area contributed by atoms with E-state index < -0.39 is 5.97 Å². The summed E-state index contributed by atoms with van der Waals surface area (Å²) in [7, 11) is 1.49. The number of carbonyl (C=O) groups is 1. The van der Waals surface area contributed by atoms with Gasteiger partial charge in [0.2, 0.25) is 6.21 Å². The fourth-order valence-electron chi connectivity index (χ4n) is 1.89. The lowest BCUT2D eigenvalue weighted by Crippen LogP contribution is -2.63. The summed E-state index contributed by atoms with van der Waals surface area (Å²) in [5, 5.41) is 6.23. The average Bonchev–Trinajstić information content (AvgIpc) is 2.56. The lowest BCUT2D eigenvalue weighted by atomic mass is 10.1. The third-order valence-corrected chi connectivity index (χ3v) is 3.10. The Morgan fingerprint density at radius 2 is 1.83 bits per heavy atom. The number of nitrogens with one attached hydrogen (secondary N) is 1. The molecule has 0 saturated carbocycles. The highest BCUT2D eigenvalue weighted by atomic mass is 16.6. The van der Waals surface area contributed by atoms with Crippen LogP contribution in [0.25, 0.3) is 0 Å². The van der Waals surface area contributed by atoms with Crippen LogP contribution in [0, 0.1) is 6.92 Å². The van der Waals surface area contributed by atoms with Crippen molar-refractivity contribution in [2.45, 2.75) is 6.92 Å². The molecule has 0 atom stereocenters. The first-order valence-electron chi connectivity index (χ1n) is 7.14. The van der Waals surface area contributed by atoms with Crippen LogP contribution in [0.15, 0.2) is 47.6 Å². The molecule has 2 rings (SSSR count). The monoisotopic (exact) mass is 327 g/mol. The molecule has 5 N–H and O–H groups in total. The van der Waals surface area contributed by atoms with Crippen molar-refractivity contribution in [1.82, 2.24) is 0 Å². The number of benzene rings is 2. The number of ether oxygens (including phenoxy) is 2. The van der Waals surface area contributed by atoms with Crippen LogP contribution in [-0.4, -0.2) is 25.3 Å². The Morgan fingerprint density at radius 3 is 2.46 bits per heavy atom. The first kappa shape index (κ1) is 17.0. The van der Waals surface area contributed by atoms with Crippen LogP contribution in [-0.2, 0) is 0 Å². The first-order chi connectivity index (χ1) is 11.5. The minimum absolute atomic E-state index is 0.0816. The SMILES string of the molecule is COc1cc(C=[NH+]N=C(N)N)ccc1OC(=O)c1ccc(C)cc1. The summed E-state index contributed by atoms with van der Waals surface area (Å²) in [6.07, 6.45) is 1.58. The molecular formula is C17H19N4O3+. The number of nitrogens with zero attached hydrogens (tertiary/aromatic N) is 1. The quantitative estimate of drug-likeness (QED) is 0.233. The topological polar surface area (TPSA) is 114 Å². The maximum atomic E-state index is 12.2. The van der Waals surface area contributed by atoms with Crippen molar-refractivity contribution in [2.24, 2.45) is 16.6 Å². The van der Waals surface area contributed by atoms with Crippen LogP contribution in [0.1, 0.15) is 21.5 Å². The van der Waals surface area contributed by atoms with Gasteiger partial charge in [0.1, 0.15) is 0 Å². The number of nitrogens with two attached hydrogens (primary N) is 2. The second-order valence-corrected chi connectivity index (χ2v) is 4.98. The molecule has 2 aromatic rings. The van der Waals surface area contributed by atoms with E-state index in [-0.39, 0.29) is 5.96 Å². The van der Waals surface area contributed by atoms with E-state index in [0.29, 0.717) is 17.1 Å². The summed E-state index contributed by atoms with van der Waals surface area (Å²) in [5.74, 6) is 0.197. The van der Waals surface area contributed by atoms with Crippen LogP contribution in [0.5, 0.6) is 11.5 Å². The third-order valence-electron chi connectivity index (χ3n) is 3.10. The lowest BCUT2D eigenvalue weighted by Gasteiger charge is -2.09. The number of aryl methyl sites for hydroxylation is 1. The number of hydrazone groups is 1. The molecule has 7 heteroatoms. The second-order valence-electron chi connectivity index (χ2n) is 4.98. The van der Waals surface area contributed by atoms with Crippen molar-refractivity contribution in [2.75, 3.05) is 7.11 Å². The van der Waals surface area contributed by atoms with E-state index in [9.17, 15) is 4.79 Å². The Bertz CT molecular complexity index is 779. The highest BCUT2D eigenvalue weighted by molar-refractivity contribution is 5.91. The van der Waals surface area contributed by atoms with Crippen molar-refractivity contribution < 1.29 is 19.4 Å². The van der Waals surface area contributed by atoms with Crippen molar-refractivity contribution in [3.8, 4) is 11.5 Å². The van der Waals surface area contributed by atoms with Gasteiger partial charge in [-0.05, 0) is 37.3 Å². The summed E-state index contributed by atoms with van der Waals surface area (Å²) in [4.78, 5) is 12.2. The minimum Gasteiger partial charge on any atom is -0.493 e. The lowest BCUT2D eigenvalue weighted by molar-refractivity contribution is -0.456. The molecule has 24 heavy (non-hydrogen) atoms. The van der Waals surface area contributed by atoms with Gasteiger partial charge in [0, 0.05) is 10.7 Å². The molecule has 0 aliphatic rings. The molecule has 0 fully saturated rings. The number of methoxy groups -OCH3 is 1. The zero-order chi connectivity index (χ0) is 17.5. The number of guanidine groups is 1. The second kappa shape index (κ2) is 7.77. The first-order valence-corrected chi connectivity index (χ1v) is 7.14. The molecule has 2 aromatic carbocycles. The summed E-state index contributed by atoms with van der Waals surface area (Å²) >= 11 is 0. The van der Waals surface area contributed by atoms with Crippen LogP contribution in [0.2, 0.25) is 0 Å². The Kier molecular flexibility index (Phi) is 5.51. The predicted molar refractivity (Wildman–Crippen MR) is 91.1 cm³/mol. The largest absolute Gasteiger partial charge is 0.493 e. The zero-order valence-corrected chi connectivity index (χ0v) is 13.4. The number of carbonyl (C=O) groups excluding carboxylic acids is 1. The Balaban J connectivity index is 2.18. The number of hydrogen-bond donors (Lipinski definition) is 3. The van der Waals surface area contributed by atoms with Crippen LogP contribution in [0.3, 0.4) is 0 Å². The van der Waals surface area contributed by atoms with Gasteiger partial charge >= 0.3 is 5.97 Å². The van der Waals surface area contributed by atoms with Gasteiger partial charge in [0.25, 0.3) is 5.96 Å². The summed E-state index contributed by atoms with van der Waals surface area (Å²) < 4.78 is 10.7. The highest BCUT2D eigenvalue weighted by Gasteiger charge is 2.13. The Morgan fingerprint density at radius 1 is 1.12 bits per heavy atom. The van der Waals surface area contributed by atoms with Gasteiger partial charge in [0.05, 0.1) is 12.7 Å². The molecular weight excluding hydrogens is 308 g/mol. The van der Waals surface area contributed by atoms with Gasteiger partial charge in [-0.25, -0.2) is 4.79 Å². The fraction of sp³-hybridized carbons (Fsp3) is 0.118. The van der Waals surface area contributed by atoms with Crippen LogP contribution < -0.4 is 26.0 Å². The average molecular weight is 327 g/mol. The third kappa shape index (κ3) is 4.57. The highest BCUT2D eigenvalue weighted by Crippen LogP contribution is 2.28. The van der Waals surface area contributed by atoms with Crippen molar-refractivity contribution in [3.05, 3.63) is 59.2 Å². The molecule has 0 radical (unpaired) electrons. The summed E-state index contributed by atoms with van der Waals surface area (Å²) in [5.41, 5.74) is 12.7. The normalized spacial score (nSPS) is 10.4. The number of hydrogen-bond acceptors (Lipinski definition) is 4. The van der Waals surface area contributed by atoms with E-state index in [0.717, 1.165) is 11.1 Å². The molecule has 0 amide bonds. The van der Waals surface area contributed by atoms with Crippen LogP contribution in [0.4, 0.5) is 0 Å². The molecule has 0 aromatic heterocycles. The molecule has 0 aliphatic heterocycles. The summed E-state index contributed by atoms with van der Waals surface area (Å²) in [6.45, 7) is 1.95. The van der Waals surface area contributed by atoms with Gasteiger partial charge in [0.15, 0.2) is 11.5 Å². The smallest absolute Gasteiger partial charge is 0.343 e. The van der Waals surface area contributed by atoms with E-state index in [1.54, 1.807) is 36.5 Å². The Labute approximate surface area is 139 Å². The molecule has 0 heterocycles. The molecule has 0 saturated heterocycles. The van der Waals surface area contributed by atoms with Gasteiger partial charge in [-0.15, -0.1) is 5.10 Å². The standard InChI is InChI=1S/C17H18N4O3/c1-11-3-6-13(7-4-11)16(22)24-14-8-5-12(9-15(14)23-2)10-20-21-17(18)19/h3-10H,1-2H3,(H4,18,19,21)/p+1. The van der Waals surface area contributed by atoms with Gasteiger partial charge in [-0.2, -0.15) is 0 Å². The molecule has 0 bridgehead atoms. The van der Waals surface area contributed by atoms with Crippen molar-refractivity contribution >= 4 is 18.1 Å². The van der Waals surface area contributed by atoms with E-state index in [1.807, 2.05) is 19.1 Å². The van der Waals surface area contributed by atoms with Crippen LogP contribution >= 0.6 is 0 Å². The summed E-state index contributed by atoms with van der Waals surface area (Å²) in [6, 6.07) is 12.2. The van der Waals surface area contributed by atoms with E-state index >= 15 is 0 Å². The fourth-order valence-corrected chi connectivity index (χ4v) is 1.89. The van der Waals surface area contributed by atoms with Gasteiger partial charge in [-0.1, -0.05) is 17.7 Å². The van der Waals surface area contributed by atoms with E-state index in [1.165, 1.54) is 7.11 Å². The zero-order valence-electron chi connectivity index (χ0n) is 13.4. The van der Waals surface area contributed by atoms with Gasteiger partial charge < -0.3 is 20.9 Å². The van der Waals surface area contributed by atoms with E-state index in [2.05, 4.69) is 10.2 Å². The molecule has 0 aliphatic carbocycles. The predicted octanol–water partition coefficient (Wildman–Crippen LogP) is -0.0893. The van der Waals surface area contributed by atoms with Gasteiger partial charge in [-0.3, -0.25) is 0 Å². The van der Waals surface area contributed by atoms with Crippen molar-refractivity contribution in [3.63, 3.8) is 0 Å². The minimum atomic E-state index is -0.455. The van der Waals surface area contributed by atoms with E-state index in [4.69, 9.17) is 20.9 Å². The maximum Gasteiger partial charge on any atom is 0.343 e. The number of esters is 1. The number of rotatable bonds is 5. The molecule has 0 spiro atoms.